The molecule has 1 aliphatic heterocycles. The van der Waals surface area contributed by atoms with E-state index < -0.39 is 0 Å². The molecule has 1 rings (SSSR count). The fourth-order valence-electron chi connectivity index (χ4n) is 1.61. The van der Waals surface area contributed by atoms with Gasteiger partial charge >= 0.3 is 0 Å². The van der Waals surface area contributed by atoms with Gasteiger partial charge in [0.25, 0.3) is 0 Å². The molecule has 0 aliphatic carbocycles. The smallest absolute Gasteiger partial charge is 0.0714 e. The van der Waals surface area contributed by atoms with Crippen LogP contribution < -0.4 is 5.32 Å². The van der Waals surface area contributed by atoms with E-state index in [9.17, 15) is 0 Å². The molecule has 2 heteroatoms. The lowest BCUT2D eigenvalue weighted by Crippen LogP contribution is -2.20. The number of hydrogen-bond donors (Lipinski definition) is 1. The van der Waals surface area contributed by atoms with Gasteiger partial charge in [-0.3, -0.25) is 0 Å². The molecule has 1 saturated heterocycles. The van der Waals surface area contributed by atoms with Gasteiger partial charge in [-0.15, -0.1) is 0 Å². The highest BCUT2D eigenvalue weighted by Crippen LogP contribution is 2.12. The normalized spacial score (nSPS) is 29.5. The lowest BCUT2D eigenvalue weighted by Gasteiger charge is -2.09. The van der Waals surface area contributed by atoms with E-state index in [0.717, 1.165) is 13.2 Å². The van der Waals surface area contributed by atoms with Crippen LogP contribution in [-0.2, 0) is 4.74 Å². The molecule has 0 aromatic carbocycles. The summed E-state index contributed by atoms with van der Waals surface area (Å²) < 4.78 is 5.71. The van der Waals surface area contributed by atoms with Gasteiger partial charge in [-0.2, -0.15) is 0 Å². The lowest BCUT2D eigenvalue weighted by atomic mass is 10.1. The molecule has 1 fully saturated rings. The van der Waals surface area contributed by atoms with Crippen molar-refractivity contribution in [3.05, 3.63) is 0 Å². The summed E-state index contributed by atoms with van der Waals surface area (Å²) in [5.41, 5.74) is 0. The van der Waals surface area contributed by atoms with E-state index in [1.165, 1.54) is 25.7 Å². The molecule has 2 nitrogen and oxygen atoms in total. The topological polar surface area (TPSA) is 21.3 Å². The van der Waals surface area contributed by atoms with Gasteiger partial charge in [-0.1, -0.05) is 20.3 Å². The first kappa shape index (κ1) is 10.0. The van der Waals surface area contributed by atoms with Gasteiger partial charge in [-0.25, -0.2) is 0 Å². The largest absolute Gasteiger partial charge is 0.377 e. The maximum Gasteiger partial charge on any atom is 0.0714 e. The zero-order valence-corrected chi connectivity index (χ0v) is 8.31. The maximum atomic E-state index is 5.71. The van der Waals surface area contributed by atoms with Gasteiger partial charge in [0, 0.05) is 19.2 Å². The van der Waals surface area contributed by atoms with Crippen molar-refractivity contribution in [1.82, 2.24) is 5.32 Å². The molecule has 2 unspecified atom stereocenters. The highest BCUT2D eigenvalue weighted by atomic mass is 16.5. The summed E-state index contributed by atoms with van der Waals surface area (Å²) in [6.45, 7) is 6.43. The Morgan fingerprint density at radius 3 is 2.83 bits per heavy atom. The number of ether oxygens (including phenoxy) is 1. The second-order valence-corrected chi connectivity index (χ2v) is 3.60. The molecule has 1 N–H and O–H groups in total. The Morgan fingerprint density at radius 2 is 2.25 bits per heavy atom. The minimum Gasteiger partial charge on any atom is -0.377 e. The summed E-state index contributed by atoms with van der Waals surface area (Å²) in [6, 6.07) is 0.705. The first-order valence-electron chi connectivity index (χ1n) is 5.21. The van der Waals surface area contributed by atoms with Gasteiger partial charge < -0.3 is 10.1 Å². The van der Waals surface area contributed by atoms with Gasteiger partial charge in [0.05, 0.1) is 6.10 Å². The Morgan fingerprint density at radius 1 is 1.42 bits per heavy atom. The van der Waals surface area contributed by atoms with Crippen LogP contribution in [0.2, 0.25) is 0 Å². The van der Waals surface area contributed by atoms with Crippen LogP contribution in [0.4, 0.5) is 0 Å². The quantitative estimate of drug-likeness (QED) is 0.638. The van der Waals surface area contributed by atoms with Gasteiger partial charge in [0.2, 0.25) is 0 Å². The van der Waals surface area contributed by atoms with Crippen LogP contribution in [0.25, 0.3) is 0 Å². The van der Waals surface area contributed by atoms with E-state index >= 15 is 0 Å². The standard InChI is InChI=1S/C10H21NO/c1-3-5-6-12-10-7-9(4-2)11-8-10/h9-11H,3-8H2,1-2H3. The Labute approximate surface area is 75.7 Å². The second-order valence-electron chi connectivity index (χ2n) is 3.60. The fraction of sp³-hybridized carbons (Fsp3) is 1.00. The lowest BCUT2D eigenvalue weighted by molar-refractivity contribution is 0.0633. The molecular formula is C10H21NO. The molecule has 0 aromatic rings. The minimum absolute atomic E-state index is 0.487. The Bertz CT molecular complexity index is 116. The van der Waals surface area contributed by atoms with Crippen molar-refractivity contribution in [1.29, 1.82) is 0 Å². The van der Waals surface area contributed by atoms with Crippen LogP contribution in [0.5, 0.6) is 0 Å². The molecule has 2 atom stereocenters. The second kappa shape index (κ2) is 5.55. The maximum absolute atomic E-state index is 5.71. The van der Waals surface area contributed by atoms with Crippen LogP contribution in [0, 0.1) is 0 Å². The SMILES string of the molecule is CCCCOC1CNC(CC)C1. The molecule has 1 aliphatic rings. The third-order valence-electron chi connectivity index (χ3n) is 2.53. The van der Waals surface area contributed by atoms with Crippen molar-refractivity contribution in [2.24, 2.45) is 0 Å². The summed E-state index contributed by atoms with van der Waals surface area (Å²) in [5, 5.41) is 3.46. The van der Waals surface area contributed by atoms with E-state index in [1.807, 2.05) is 0 Å². The first-order valence-corrected chi connectivity index (χ1v) is 5.21. The van der Waals surface area contributed by atoms with Gasteiger partial charge in [-0.05, 0) is 19.3 Å². The number of hydrogen-bond acceptors (Lipinski definition) is 2. The molecule has 0 aromatic heterocycles. The Balaban J connectivity index is 2.03. The highest BCUT2D eigenvalue weighted by molar-refractivity contribution is 4.80. The Hall–Kier alpha value is -0.0800. The predicted molar refractivity (Wildman–Crippen MR) is 51.3 cm³/mol. The minimum atomic E-state index is 0.487. The molecule has 1 heterocycles. The summed E-state index contributed by atoms with van der Waals surface area (Å²) in [5.74, 6) is 0. The number of nitrogens with one attached hydrogen (secondary N) is 1. The molecule has 72 valence electrons. The zero-order chi connectivity index (χ0) is 8.81. The fourth-order valence-corrected chi connectivity index (χ4v) is 1.61. The van der Waals surface area contributed by atoms with Crippen molar-refractivity contribution >= 4 is 0 Å². The van der Waals surface area contributed by atoms with Crippen LogP contribution in [0.15, 0.2) is 0 Å². The third-order valence-corrected chi connectivity index (χ3v) is 2.53. The van der Waals surface area contributed by atoms with Crippen LogP contribution in [-0.4, -0.2) is 25.3 Å². The average Bonchev–Trinajstić information content (AvgIpc) is 2.53. The van der Waals surface area contributed by atoms with E-state index in [2.05, 4.69) is 19.2 Å². The van der Waals surface area contributed by atoms with Gasteiger partial charge in [0.15, 0.2) is 0 Å². The molecular weight excluding hydrogens is 150 g/mol. The van der Waals surface area contributed by atoms with Crippen LogP contribution in [0.1, 0.15) is 39.5 Å². The van der Waals surface area contributed by atoms with Crippen molar-refractivity contribution in [2.45, 2.75) is 51.7 Å². The molecule has 0 bridgehead atoms. The average molecular weight is 171 g/mol. The third kappa shape index (κ3) is 3.11. The molecule has 0 amide bonds. The Kier molecular flexibility index (Phi) is 4.62. The molecule has 0 spiro atoms. The highest BCUT2D eigenvalue weighted by Gasteiger charge is 2.22. The summed E-state index contributed by atoms with van der Waals surface area (Å²) >= 11 is 0. The van der Waals surface area contributed by atoms with Crippen molar-refractivity contribution in [3.63, 3.8) is 0 Å². The van der Waals surface area contributed by atoms with E-state index in [1.54, 1.807) is 0 Å². The number of unbranched alkanes of at least 4 members (excludes halogenated alkanes) is 1. The van der Waals surface area contributed by atoms with Crippen molar-refractivity contribution < 1.29 is 4.74 Å². The number of rotatable bonds is 5. The van der Waals surface area contributed by atoms with Crippen molar-refractivity contribution in [2.75, 3.05) is 13.2 Å². The monoisotopic (exact) mass is 171 g/mol. The molecule has 12 heavy (non-hydrogen) atoms. The van der Waals surface area contributed by atoms with E-state index in [-0.39, 0.29) is 0 Å². The van der Waals surface area contributed by atoms with Crippen LogP contribution in [0.3, 0.4) is 0 Å². The molecule has 0 saturated carbocycles. The summed E-state index contributed by atoms with van der Waals surface area (Å²) in [4.78, 5) is 0. The zero-order valence-electron chi connectivity index (χ0n) is 8.31. The molecule has 0 radical (unpaired) electrons. The van der Waals surface area contributed by atoms with Gasteiger partial charge in [0.1, 0.15) is 0 Å². The van der Waals surface area contributed by atoms with E-state index in [0.29, 0.717) is 12.1 Å². The first-order chi connectivity index (χ1) is 5.86. The van der Waals surface area contributed by atoms with Crippen molar-refractivity contribution in [3.8, 4) is 0 Å². The van der Waals surface area contributed by atoms with Crippen LogP contribution >= 0.6 is 0 Å². The predicted octanol–water partition coefficient (Wildman–Crippen LogP) is 1.94. The summed E-state index contributed by atoms with van der Waals surface area (Å²) in [6.07, 6.45) is 5.36. The van der Waals surface area contributed by atoms with E-state index in [4.69, 9.17) is 4.74 Å². The summed E-state index contributed by atoms with van der Waals surface area (Å²) in [7, 11) is 0.